The van der Waals surface area contributed by atoms with Crippen molar-refractivity contribution in [2.24, 2.45) is 5.73 Å². The standard InChI is InChI=1S/C18H20ClNO/c1-18(2)11-21-17-8-5-13(10-15(17)18)16(20)9-12-3-6-14(19)7-4-12/h3-8,10,16H,9,11,20H2,1-2H3. The Hall–Kier alpha value is -1.51. The molecule has 1 aliphatic rings. The molecule has 3 rings (SSSR count). The van der Waals surface area contributed by atoms with Crippen molar-refractivity contribution < 1.29 is 4.74 Å². The molecule has 110 valence electrons. The molecule has 0 saturated heterocycles. The zero-order valence-corrected chi connectivity index (χ0v) is 13.2. The molecule has 1 unspecified atom stereocenters. The molecule has 0 fully saturated rings. The summed E-state index contributed by atoms with van der Waals surface area (Å²) in [6.07, 6.45) is 0.803. The highest BCUT2D eigenvalue weighted by Gasteiger charge is 2.32. The highest BCUT2D eigenvalue weighted by atomic mass is 35.5. The van der Waals surface area contributed by atoms with Crippen molar-refractivity contribution in [3.05, 3.63) is 64.2 Å². The van der Waals surface area contributed by atoms with Gasteiger partial charge in [0.15, 0.2) is 0 Å². The van der Waals surface area contributed by atoms with Crippen molar-refractivity contribution in [1.29, 1.82) is 0 Å². The van der Waals surface area contributed by atoms with E-state index in [2.05, 4.69) is 26.0 Å². The van der Waals surface area contributed by atoms with Gasteiger partial charge < -0.3 is 10.5 Å². The average molecular weight is 302 g/mol. The Morgan fingerprint density at radius 2 is 1.90 bits per heavy atom. The SMILES string of the molecule is CC1(C)COc2ccc(C(N)Cc3ccc(Cl)cc3)cc21. The minimum atomic E-state index is -0.0205. The second-order valence-electron chi connectivity index (χ2n) is 6.37. The fourth-order valence-electron chi connectivity index (χ4n) is 2.76. The lowest BCUT2D eigenvalue weighted by molar-refractivity contribution is 0.291. The van der Waals surface area contributed by atoms with Gasteiger partial charge in [-0.3, -0.25) is 0 Å². The summed E-state index contributed by atoms with van der Waals surface area (Å²) in [5, 5.41) is 0.753. The molecule has 1 atom stereocenters. The lowest BCUT2D eigenvalue weighted by Gasteiger charge is -2.18. The molecule has 0 amide bonds. The number of nitrogens with two attached hydrogens (primary N) is 1. The third-order valence-electron chi connectivity index (χ3n) is 4.12. The number of hydrogen-bond acceptors (Lipinski definition) is 2. The molecular formula is C18H20ClNO. The molecule has 0 aliphatic carbocycles. The molecule has 0 saturated carbocycles. The van der Waals surface area contributed by atoms with Gasteiger partial charge in [0.25, 0.3) is 0 Å². The minimum absolute atomic E-state index is 0.0205. The molecular weight excluding hydrogens is 282 g/mol. The molecule has 2 N–H and O–H groups in total. The largest absolute Gasteiger partial charge is 0.492 e. The first-order valence-electron chi connectivity index (χ1n) is 7.23. The first-order valence-corrected chi connectivity index (χ1v) is 7.61. The number of hydrogen-bond donors (Lipinski definition) is 1. The zero-order chi connectivity index (χ0) is 15.0. The van der Waals surface area contributed by atoms with Gasteiger partial charge in [0.2, 0.25) is 0 Å². The molecule has 1 aliphatic heterocycles. The summed E-state index contributed by atoms with van der Waals surface area (Å²) in [5.41, 5.74) is 10.0. The summed E-state index contributed by atoms with van der Waals surface area (Å²) < 4.78 is 5.72. The van der Waals surface area contributed by atoms with Gasteiger partial charge in [-0.25, -0.2) is 0 Å². The summed E-state index contributed by atoms with van der Waals surface area (Å²) in [5.74, 6) is 0.988. The number of ether oxygens (including phenoxy) is 1. The van der Waals surface area contributed by atoms with E-state index in [-0.39, 0.29) is 11.5 Å². The molecule has 2 aromatic rings. The van der Waals surface area contributed by atoms with Gasteiger partial charge in [0.05, 0.1) is 6.61 Å². The maximum Gasteiger partial charge on any atom is 0.123 e. The van der Waals surface area contributed by atoms with Crippen LogP contribution in [0.25, 0.3) is 0 Å². The highest BCUT2D eigenvalue weighted by Crippen LogP contribution is 2.39. The van der Waals surface area contributed by atoms with Crippen molar-refractivity contribution in [3.63, 3.8) is 0 Å². The van der Waals surface area contributed by atoms with Crippen LogP contribution in [0.3, 0.4) is 0 Å². The third-order valence-corrected chi connectivity index (χ3v) is 4.37. The van der Waals surface area contributed by atoms with Gasteiger partial charge in [-0.1, -0.05) is 43.6 Å². The van der Waals surface area contributed by atoms with Crippen molar-refractivity contribution in [2.45, 2.75) is 31.7 Å². The summed E-state index contributed by atoms with van der Waals surface area (Å²) in [7, 11) is 0. The second-order valence-corrected chi connectivity index (χ2v) is 6.80. The molecule has 0 radical (unpaired) electrons. The Labute approximate surface area is 130 Å². The first kappa shape index (κ1) is 14.4. The quantitative estimate of drug-likeness (QED) is 0.919. The Morgan fingerprint density at radius 1 is 1.19 bits per heavy atom. The second kappa shape index (κ2) is 5.36. The predicted octanol–water partition coefficient (Wildman–Crippen LogP) is 4.25. The van der Waals surface area contributed by atoms with Crippen LogP contribution in [0.1, 0.15) is 36.6 Å². The molecule has 21 heavy (non-hydrogen) atoms. The van der Waals surface area contributed by atoms with E-state index in [0.717, 1.165) is 29.4 Å². The maximum absolute atomic E-state index is 6.37. The van der Waals surface area contributed by atoms with Gasteiger partial charge in [-0.15, -0.1) is 0 Å². The van der Waals surface area contributed by atoms with Crippen LogP contribution >= 0.6 is 11.6 Å². The van der Waals surface area contributed by atoms with E-state index in [9.17, 15) is 0 Å². The van der Waals surface area contributed by atoms with Crippen LogP contribution in [-0.4, -0.2) is 6.61 Å². The summed E-state index contributed by atoms with van der Waals surface area (Å²) in [6, 6.07) is 14.2. The van der Waals surface area contributed by atoms with E-state index in [4.69, 9.17) is 22.1 Å². The average Bonchev–Trinajstić information content (AvgIpc) is 2.77. The van der Waals surface area contributed by atoms with Crippen molar-refractivity contribution in [2.75, 3.05) is 6.61 Å². The fourth-order valence-corrected chi connectivity index (χ4v) is 2.89. The minimum Gasteiger partial charge on any atom is -0.492 e. The first-order chi connectivity index (χ1) is 9.95. The van der Waals surface area contributed by atoms with E-state index in [1.165, 1.54) is 11.1 Å². The van der Waals surface area contributed by atoms with Crippen LogP contribution in [0.5, 0.6) is 5.75 Å². The number of halogens is 1. The Balaban J connectivity index is 1.82. The van der Waals surface area contributed by atoms with Crippen LogP contribution in [0, 0.1) is 0 Å². The Kier molecular flexibility index (Phi) is 3.68. The molecule has 1 heterocycles. The Morgan fingerprint density at radius 3 is 2.62 bits per heavy atom. The van der Waals surface area contributed by atoms with Crippen LogP contribution in [0.4, 0.5) is 0 Å². The van der Waals surface area contributed by atoms with Crippen LogP contribution in [0.2, 0.25) is 5.02 Å². The molecule has 0 spiro atoms. The van der Waals surface area contributed by atoms with Crippen LogP contribution < -0.4 is 10.5 Å². The number of rotatable bonds is 3. The molecule has 2 aromatic carbocycles. The zero-order valence-electron chi connectivity index (χ0n) is 12.4. The lowest BCUT2D eigenvalue weighted by Crippen LogP contribution is -2.19. The predicted molar refractivity (Wildman–Crippen MR) is 87.0 cm³/mol. The maximum atomic E-state index is 6.37. The number of benzene rings is 2. The summed E-state index contributed by atoms with van der Waals surface area (Å²) in [6.45, 7) is 5.14. The fraction of sp³-hybridized carbons (Fsp3) is 0.333. The van der Waals surface area contributed by atoms with Crippen LogP contribution in [0.15, 0.2) is 42.5 Å². The third kappa shape index (κ3) is 2.92. The lowest BCUT2D eigenvalue weighted by atomic mass is 9.85. The molecule has 2 nitrogen and oxygen atoms in total. The van der Waals surface area contributed by atoms with Crippen molar-refractivity contribution in [1.82, 2.24) is 0 Å². The van der Waals surface area contributed by atoms with E-state index in [1.807, 2.05) is 30.3 Å². The highest BCUT2D eigenvalue weighted by molar-refractivity contribution is 6.30. The summed E-state index contributed by atoms with van der Waals surface area (Å²) >= 11 is 5.92. The van der Waals surface area contributed by atoms with Crippen molar-refractivity contribution >= 4 is 11.6 Å². The normalized spacial score (nSPS) is 17.1. The van der Waals surface area contributed by atoms with Crippen molar-refractivity contribution in [3.8, 4) is 5.75 Å². The van der Waals surface area contributed by atoms with Gasteiger partial charge >= 0.3 is 0 Å². The van der Waals surface area contributed by atoms with Gasteiger partial charge in [-0.2, -0.15) is 0 Å². The van der Waals surface area contributed by atoms with E-state index < -0.39 is 0 Å². The van der Waals surface area contributed by atoms with Gasteiger partial charge in [-0.05, 0) is 41.8 Å². The van der Waals surface area contributed by atoms with Gasteiger partial charge in [0, 0.05) is 22.0 Å². The molecule has 3 heteroatoms. The van der Waals surface area contributed by atoms with E-state index in [1.54, 1.807) is 0 Å². The van der Waals surface area contributed by atoms with Gasteiger partial charge in [0.1, 0.15) is 5.75 Å². The smallest absolute Gasteiger partial charge is 0.123 e. The monoisotopic (exact) mass is 301 g/mol. The summed E-state index contributed by atoms with van der Waals surface area (Å²) in [4.78, 5) is 0. The van der Waals surface area contributed by atoms with E-state index >= 15 is 0 Å². The topological polar surface area (TPSA) is 35.2 Å². The Bertz CT molecular complexity index is 649. The molecule has 0 aromatic heterocycles. The van der Waals surface area contributed by atoms with E-state index in [0.29, 0.717) is 0 Å². The number of fused-ring (bicyclic) bond motifs is 1. The molecule has 0 bridgehead atoms. The van der Waals surface area contributed by atoms with Crippen LogP contribution in [-0.2, 0) is 11.8 Å².